The van der Waals surface area contributed by atoms with E-state index in [1.165, 1.54) is 29.5 Å². The number of benzene rings is 1. The zero-order chi connectivity index (χ0) is 16.9. The SMILES string of the molecule is N#Cc1cnn(-c2cccc(Cl)c2)c1NC(=O)Nc1cnccn1. The highest BCUT2D eigenvalue weighted by Crippen LogP contribution is 2.22. The van der Waals surface area contributed by atoms with Crippen molar-refractivity contribution in [1.82, 2.24) is 19.7 Å². The summed E-state index contributed by atoms with van der Waals surface area (Å²) >= 11 is 5.98. The van der Waals surface area contributed by atoms with Crippen LogP contribution in [0.15, 0.2) is 49.1 Å². The number of aromatic nitrogens is 4. The van der Waals surface area contributed by atoms with E-state index in [0.717, 1.165) is 0 Å². The van der Waals surface area contributed by atoms with Crippen LogP contribution in [0.4, 0.5) is 16.4 Å². The van der Waals surface area contributed by atoms with Crippen molar-refractivity contribution >= 4 is 29.3 Å². The monoisotopic (exact) mass is 339 g/mol. The van der Waals surface area contributed by atoms with Crippen LogP contribution in [-0.2, 0) is 0 Å². The van der Waals surface area contributed by atoms with Crippen molar-refractivity contribution in [1.29, 1.82) is 5.26 Å². The van der Waals surface area contributed by atoms with Gasteiger partial charge in [-0.15, -0.1) is 0 Å². The van der Waals surface area contributed by atoms with Crippen molar-refractivity contribution in [2.24, 2.45) is 0 Å². The predicted molar refractivity (Wildman–Crippen MR) is 88.0 cm³/mol. The minimum atomic E-state index is -0.573. The highest BCUT2D eigenvalue weighted by atomic mass is 35.5. The molecule has 0 saturated carbocycles. The molecule has 0 aliphatic carbocycles. The second-order valence-electron chi connectivity index (χ2n) is 4.58. The Morgan fingerprint density at radius 3 is 2.83 bits per heavy atom. The molecule has 0 unspecified atom stereocenters. The molecule has 0 saturated heterocycles. The van der Waals surface area contributed by atoms with Gasteiger partial charge in [-0.3, -0.25) is 15.6 Å². The van der Waals surface area contributed by atoms with Crippen LogP contribution < -0.4 is 10.6 Å². The summed E-state index contributed by atoms with van der Waals surface area (Å²) < 4.78 is 1.42. The molecule has 0 aliphatic rings. The third-order valence-corrected chi connectivity index (χ3v) is 3.21. The van der Waals surface area contributed by atoms with Crippen LogP contribution in [0.1, 0.15) is 5.56 Å². The van der Waals surface area contributed by atoms with Crippen LogP contribution >= 0.6 is 11.6 Å². The van der Waals surface area contributed by atoms with Crippen LogP contribution in [0.2, 0.25) is 5.02 Å². The minimum absolute atomic E-state index is 0.212. The smallest absolute Gasteiger partial charge is 0.291 e. The first-order chi connectivity index (χ1) is 11.7. The second-order valence-corrected chi connectivity index (χ2v) is 5.02. The number of rotatable bonds is 3. The number of amides is 2. The van der Waals surface area contributed by atoms with Crippen LogP contribution in [-0.4, -0.2) is 25.8 Å². The maximum atomic E-state index is 12.1. The summed E-state index contributed by atoms with van der Waals surface area (Å²) in [5.74, 6) is 0.503. The Morgan fingerprint density at radius 2 is 2.12 bits per heavy atom. The molecule has 118 valence electrons. The average Bonchev–Trinajstić information content (AvgIpc) is 2.98. The third-order valence-electron chi connectivity index (χ3n) is 2.98. The lowest BCUT2D eigenvalue weighted by atomic mass is 10.3. The summed E-state index contributed by atoms with van der Waals surface area (Å²) in [5, 5.41) is 19.0. The molecule has 24 heavy (non-hydrogen) atoms. The quantitative estimate of drug-likeness (QED) is 0.762. The van der Waals surface area contributed by atoms with Gasteiger partial charge in [0.1, 0.15) is 11.6 Å². The third kappa shape index (κ3) is 3.31. The second kappa shape index (κ2) is 6.76. The molecule has 2 heterocycles. The molecule has 9 heteroatoms. The molecule has 1 aromatic carbocycles. The first-order valence-electron chi connectivity index (χ1n) is 6.75. The molecule has 3 aromatic rings. The number of hydrogen-bond donors (Lipinski definition) is 2. The fraction of sp³-hybridized carbons (Fsp3) is 0. The summed E-state index contributed by atoms with van der Waals surface area (Å²) in [6.07, 6.45) is 5.70. The number of urea groups is 1. The van der Waals surface area contributed by atoms with Gasteiger partial charge in [0.2, 0.25) is 0 Å². The van der Waals surface area contributed by atoms with E-state index >= 15 is 0 Å². The Labute approximate surface area is 141 Å². The number of carbonyl (C=O) groups is 1. The Hall–Kier alpha value is -3.44. The maximum absolute atomic E-state index is 12.1. The lowest BCUT2D eigenvalue weighted by Crippen LogP contribution is -2.22. The molecule has 2 aromatic heterocycles. The number of nitriles is 1. The van der Waals surface area contributed by atoms with E-state index in [4.69, 9.17) is 11.6 Å². The van der Waals surface area contributed by atoms with Crippen LogP contribution in [0, 0.1) is 11.3 Å². The van der Waals surface area contributed by atoms with Gasteiger partial charge in [-0.1, -0.05) is 17.7 Å². The molecular formula is C15H10ClN7O. The number of anilines is 2. The number of hydrogen-bond acceptors (Lipinski definition) is 5. The Kier molecular flexibility index (Phi) is 4.36. The molecule has 8 nitrogen and oxygen atoms in total. The van der Waals surface area contributed by atoms with E-state index in [2.05, 4.69) is 25.7 Å². The summed E-state index contributed by atoms with van der Waals surface area (Å²) in [7, 11) is 0. The standard InChI is InChI=1S/C15H10ClN7O/c16-11-2-1-3-12(6-11)23-14(10(7-17)8-20-23)22-15(24)21-13-9-18-4-5-19-13/h1-6,8-9H,(H2,19,21,22,24). The Morgan fingerprint density at radius 1 is 1.25 bits per heavy atom. The van der Waals surface area contributed by atoms with E-state index in [-0.39, 0.29) is 17.2 Å². The maximum Gasteiger partial charge on any atom is 0.326 e. The van der Waals surface area contributed by atoms with Gasteiger partial charge in [0.15, 0.2) is 11.6 Å². The van der Waals surface area contributed by atoms with Crippen LogP contribution in [0.25, 0.3) is 5.69 Å². The molecule has 0 fully saturated rings. The van der Waals surface area contributed by atoms with Crippen molar-refractivity contribution in [2.75, 3.05) is 10.6 Å². The van der Waals surface area contributed by atoms with E-state index in [9.17, 15) is 10.1 Å². The largest absolute Gasteiger partial charge is 0.326 e. The van der Waals surface area contributed by atoms with Crippen molar-refractivity contribution in [2.45, 2.75) is 0 Å². The first kappa shape index (κ1) is 15.5. The van der Waals surface area contributed by atoms with Gasteiger partial charge in [-0.2, -0.15) is 10.4 Å². The normalized spacial score (nSPS) is 10.0. The molecule has 3 rings (SSSR count). The topological polar surface area (TPSA) is 109 Å². The lowest BCUT2D eigenvalue weighted by Gasteiger charge is -2.10. The molecule has 0 atom stereocenters. The average molecular weight is 340 g/mol. The first-order valence-corrected chi connectivity index (χ1v) is 7.13. The highest BCUT2D eigenvalue weighted by Gasteiger charge is 2.15. The van der Waals surface area contributed by atoms with Crippen molar-refractivity contribution in [3.63, 3.8) is 0 Å². The van der Waals surface area contributed by atoms with Gasteiger partial charge in [-0.25, -0.2) is 14.5 Å². The van der Waals surface area contributed by atoms with Gasteiger partial charge < -0.3 is 0 Å². The predicted octanol–water partition coefficient (Wildman–Crippen LogP) is 2.83. The molecular weight excluding hydrogens is 330 g/mol. The van der Waals surface area contributed by atoms with Gasteiger partial charge in [0.05, 0.1) is 18.1 Å². The zero-order valence-corrected chi connectivity index (χ0v) is 12.9. The lowest BCUT2D eigenvalue weighted by molar-refractivity contribution is 0.262. The molecule has 0 aliphatic heterocycles. The van der Waals surface area contributed by atoms with Gasteiger partial charge in [0.25, 0.3) is 0 Å². The number of halogens is 1. The number of nitrogens with zero attached hydrogens (tertiary/aromatic N) is 5. The van der Waals surface area contributed by atoms with Crippen LogP contribution in [0.3, 0.4) is 0 Å². The van der Waals surface area contributed by atoms with Crippen molar-refractivity contribution < 1.29 is 4.79 Å². The molecule has 0 bridgehead atoms. The van der Waals surface area contributed by atoms with Crippen LogP contribution in [0.5, 0.6) is 0 Å². The van der Waals surface area contributed by atoms with Gasteiger partial charge in [0, 0.05) is 17.4 Å². The van der Waals surface area contributed by atoms with Crippen molar-refractivity contribution in [3.05, 3.63) is 59.6 Å². The van der Waals surface area contributed by atoms with Gasteiger partial charge in [-0.05, 0) is 18.2 Å². The van der Waals surface area contributed by atoms with Crippen molar-refractivity contribution in [3.8, 4) is 11.8 Å². The molecule has 2 amide bonds. The fourth-order valence-electron chi connectivity index (χ4n) is 1.97. The number of carbonyl (C=O) groups excluding carboxylic acids is 1. The van der Waals surface area contributed by atoms with E-state index in [1.807, 2.05) is 6.07 Å². The van der Waals surface area contributed by atoms with Gasteiger partial charge >= 0.3 is 6.03 Å². The van der Waals surface area contributed by atoms with E-state index < -0.39 is 6.03 Å². The molecule has 0 radical (unpaired) electrons. The summed E-state index contributed by atoms with van der Waals surface area (Å²) in [4.78, 5) is 19.9. The Balaban J connectivity index is 1.88. The van der Waals surface area contributed by atoms with E-state index in [1.54, 1.807) is 24.3 Å². The fourth-order valence-corrected chi connectivity index (χ4v) is 2.16. The zero-order valence-electron chi connectivity index (χ0n) is 12.1. The summed E-state index contributed by atoms with van der Waals surface area (Å²) in [5.41, 5.74) is 0.822. The Bertz CT molecular complexity index is 917. The summed E-state index contributed by atoms with van der Waals surface area (Å²) in [6.45, 7) is 0. The van der Waals surface area contributed by atoms with E-state index in [0.29, 0.717) is 10.7 Å². The minimum Gasteiger partial charge on any atom is -0.291 e. The summed E-state index contributed by atoms with van der Waals surface area (Å²) in [6, 6.07) is 8.29. The number of nitrogens with one attached hydrogen (secondary N) is 2. The molecule has 0 spiro atoms. The molecule has 2 N–H and O–H groups in total. The highest BCUT2D eigenvalue weighted by molar-refractivity contribution is 6.30.